The van der Waals surface area contributed by atoms with Crippen LogP contribution in [0.25, 0.3) is 55.6 Å². The van der Waals surface area contributed by atoms with Crippen LogP contribution in [0, 0.1) is 0 Å². The monoisotopic (exact) mass is 2430 g/mol. The Morgan fingerprint density at radius 1 is 0.227 bits per heavy atom. The van der Waals surface area contributed by atoms with Crippen LogP contribution in [-0.4, -0.2) is 121 Å². The highest BCUT2D eigenvalue weighted by Gasteiger charge is 2.53. The Labute approximate surface area is 918 Å². The number of halogens is 8. The van der Waals surface area contributed by atoms with Crippen LogP contribution in [0.15, 0.2) is 218 Å². The van der Waals surface area contributed by atoms with Gasteiger partial charge in [-0.05, 0) is 271 Å². The van der Waals surface area contributed by atoms with E-state index >= 15 is 0 Å². The summed E-state index contributed by atoms with van der Waals surface area (Å²) in [5, 5.41) is 0. The lowest BCUT2D eigenvalue weighted by atomic mass is 9.67. The second-order valence-corrected chi connectivity index (χ2v) is 45.3. The lowest BCUT2D eigenvalue weighted by Gasteiger charge is -2.34. The molecule has 5 aliphatic carbocycles. The molecule has 10 nitrogen and oxygen atoms in total. The van der Waals surface area contributed by atoms with Gasteiger partial charge in [0, 0.05) is 106 Å². The van der Waals surface area contributed by atoms with Crippen LogP contribution in [-0.2, 0) is 68.7 Å². The summed E-state index contributed by atoms with van der Waals surface area (Å²) < 4.78 is 66.5. The van der Waals surface area contributed by atoms with Gasteiger partial charge < -0.3 is 47.0 Å². The average molecular weight is 2440 g/mol. The van der Waals surface area contributed by atoms with E-state index in [9.17, 15) is 0 Å². The predicted molar refractivity (Wildman–Crippen MR) is 628 cm³/mol. The van der Waals surface area contributed by atoms with Crippen molar-refractivity contribution in [3.05, 3.63) is 273 Å². The number of methoxy groups -OCH3 is 2. The van der Waals surface area contributed by atoms with Crippen molar-refractivity contribution in [3.8, 4) is 55.6 Å². The number of fused-ring (bicyclic) bond motifs is 19. The molecule has 2 saturated heterocycles. The Hall–Kier alpha value is -4.23. The van der Waals surface area contributed by atoms with Crippen molar-refractivity contribution in [2.75, 3.05) is 107 Å². The highest BCUT2D eigenvalue weighted by molar-refractivity contribution is 9.11. The molecule has 2 fully saturated rings. The summed E-state index contributed by atoms with van der Waals surface area (Å²) in [6.07, 6.45) is 40.8. The molecule has 141 heavy (non-hydrogen) atoms. The molecule has 766 valence electrons. The van der Waals surface area contributed by atoms with E-state index in [1.165, 1.54) is 300 Å². The maximum Gasteiger partial charge on any atom is 0.493 e. The first-order valence-electron chi connectivity index (χ1n) is 51.0. The van der Waals surface area contributed by atoms with Crippen molar-refractivity contribution in [1.82, 2.24) is 0 Å². The van der Waals surface area contributed by atoms with Crippen molar-refractivity contribution in [2.45, 2.75) is 292 Å². The third-order valence-corrected chi connectivity index (χ3v) is 33.0. The number of benzene rings is 10. The number of unbranched alkanes of at least 4 members (excludes halogenated alkanes) is 20. The molecule has 20 heteroatoms. The summed E-state index contributed by atoms with van der Waals surface area (Å²) in [7, 11) is 2.84. The Kier molecular flexibility index (Phi) is 51.7. The smallest absolute Gasteiger partial charge is 0.407 e. The van der Waals surface area contributed by atoms with E-state index in [2.05, 4.69) is 337 Å². The maximum atomic E-state index is 6.08. The van der Waals surface area contributed by atoms with E-state index in [0.29, 0.717) is 66.1 Å². The fourth-order valence-corrected chi connectivity index (χ4v) is 25.3. The van der Waals surface area contributed by atoms with E-state index in [0.717, 1.165) is 78.9 Å². The fraction of sp³-hybridized carbons (Fsp3) is 0.504. The minimum Gasteiger partial charge on any atom is -0.407 e. The van der Waals surface area contributed by atoms with Crippen LogP contribution in [0.4, 0.5) is 0 Å². The molecule has 2 heterocycles. The van der Waals surface area contributed by atoms with E-state index < -0.39 is 0 Å². The van der Waals surface area contributed by atoms with Crippen LogP contribution < -0.4 is 10.9 Å². The second-order valence-electron chi connectivity index (χ2n) is 38.0. The summed E-state index contributed by atoms with van der Waals surface area (Å²) >= 11 is 29.9. The molecular weight excluding hydrogens is 2270 g/mol. The molecule has 2 aliphatic heterocycles. The molecule has 0 radical (unpaired) electrons. The lowest BCUT2D eigenvalue weighted by Crippen LogP contribution is -2.42. The van der Waals surface area contributed by atoms with Gasteiger partial charge in [0.15, 0.2) is 0 Å². The highest BCUT2D eigenvalue weighted by Crippen LogP contribution is 2.65. The number of ether oxygens (including phenoxy) is 6. The fourth-order valence-electron chi connectivity index (χ4n) is 22.4. The van der Waals surface area contributed by atoms with Gasteiger partial charge in [-0.2, -0.15) is 0 Å². The van der Waals surface area contributed by atoms with Crippen molar-refractivity contribution in [3.63, 3.8) is 0 Å². The third kappa shape index (κ3) is 29.3. The van der Waals surface area contributed by atoms with Gasteiger partial charge in [-0.25, -0.2) is 0 Å². The zero-order valence-corrected chi connectivity index (χ0v) is 93.8. The molecule has 17 rings (SSSR count). The maximum absolute atomic E-state index is 6.08. The summed E-state index contributed by atoms with van der Waals surface area (Å²) in [5.41, 5.74) is 29.5. The molecular formula is C121H160B2Br8O10. The standard InChI is InChI=1S/C35H52B2O4.C29H40Br2.C27H36Br2O6.C25H12Br4.5CH4/c1-3-5-7-9-11-13-21-35(22-14-12-10-8-6-4-2)33-27-29(36-38-23-15-24-39-36)17-19-31(33)32-20-18-30(28-34(32)35)37-40-25-16-26-41-37;1-3-5-7-9-11-13-19-29(20-14-12-10-8-6-4-2)27-21-23(30)15-17-25(27)26-18-16-24(31)22-28(26)29;1-30-11-13-34-17-15-32-9-7-27(8-10-33-16-18-35-14-12-31-2)25-19-21(28)3-5-23(25)24-6-4-22(29)20-26(24)27;26-13-1-5-17-18-6-2-14(27)10-22(18)25(21(17)9-13)23-11-15(28)3-7-19(23)20-8-4-16(29)12-24(20)25;;;;;/h17-20,27-28H,3-16,21-26H2,1-2H3;15-18,21-22H,3-14,19-20H2,1-2H3;3-6,19-20H,7-18H2,1-2H3;1-12H;5*1H4. The van der Waals surface area contributed by atoms with Gasteiger partial charge in [0.05, 0.1) is 58.3 Å². The molecule has 1 spiro atoms. The molecule has 0 aromatic heterocycles. The highest BCUT2D eigenvalue weighted by atomic mass is 79.9. The van der Waals surface area contributed by atoms with Crippen molar-refractivity contribution in [1.29, 1.82) is 0 Å². The second kappa shape index (κ2) is 60.6. The lowest BCUT2D eigenvalue weighted by molar-refractivity contribution is 0.0145. The molecule has 0 saturated carbocycles. The van der Waals surface area contributed by atoms with Gasteiger partial charge in [-0.3, -0.25) is 0 Å². The first-order chi connectivity index (χ1) is 66.5. The van der Waals surface area contributed by atoms with Gasteiger partial charge in [0.1, 0.15) is 0 Å². The largest absolute Gasteiger partial charge is 0.493 e. The third-order valence-electron chi connectivity index (χ3n) is 29.1. The molecule has 0 amide bonds. The van der Waals surface area contributed by atoms with Crippen molar-refractivity contribution < 1.29 is 47.0 Å². The Morgan fingerprint density at radius 2 is 0.418 bits per heavy atom. The molecule has 0 unspecified atom stereocenters. The van der Waals surface area contributed by atoms with E-state index in [1.807, 2.05) is 0 Å². The SMILES string of the molecule is Brc1ccc2c(c1)C1(c3cc(Br)ccc3-2)c2cc(Br)ccc2-c2ccc(Br)cc21.C.C.C.C.C.CCCCCCCCC1(CCCCCCCC)c2cc(B3OCCCO3)ccc2-c2ccc(B3OCCCO3)cc21.CCCCCCCCC1(CCCCCCCC)c2cc(Br)ccc2-c2ccc(Br)cc21.COCCOCCOCCC1(CCOCCOCCOC)c2cc(Br)ccc2-c2ccc(Br)cc21. The van der Waals surface area contributed by atoms with Gasteiger partial charge in [-0.1, -0.05) is 431 Å². The van der Waals surface area contributed by atoms with Crippen LogP contribution >= 0.6 is 127 Å². The van der Waals surface area contributed by atoms with Gasteiger partial charge >= 0.3 is 14.2 Å². The van der Waals surface area contributed by atoms with E-state index in [-0.39, 0.29) is 73.0 Å². The van der Waals surface area contributed by atoms with Gasteiger partial charge in [0.2, 0.25) is 0 Å². The molecule has 10 aromatic carbocycles. The van der Waals surface area contributed by atoms with Gasteiger partial charge in [0.25, 0.3) is 0 Å². The Morgan fingerprint density at radius 3 is 0.660 bits per heavy atom. The Bertz CT molecular complexity index is 5060. The zero-order chi connectivity index (χ0) is 95.3. The summed E-state index contributed by atoms with van der Waals surface area (Å²) in [6, 6.07) is 67.9. The zero-order valence-electron chi connectivity index (χ0n) is 81.1. The normalized spacial score (nSPS) is 14.7. The Balaban J connectivity index is 0.000000209. The van der Waals surface area contributed by atoms with Crippen LogP contribution in [0.5, 0.6) is 0 Å². The van der Waals surface area contributed by atoms with E-state index in [4.69, 9.17) is 47.0 Å². The van der Waals surface area contributed by atoms with Crippen LogP contribution in [0.1, 0.15) is 326 Å². The predicted octanol–water partition coefficient (Wildman–Crippen LogP) is 36.6. The molecule has 0 atom stereocenters. The average Bonchev–Trinajstić information content (AvgIpc) is 1.50. The van der Waals surface area contributed by atoms with E-state index in [1.54, 1.807) is 25.3 Å². The summed E-state index contributed by atoms with van der Waals surface area (Å²) in [4.78, 5) is 0. The topological polar surface area (TPSA) is 92.3 Å². The molecule has 0 bridgehead atoms. The van der Waals surface area contributed by atoms with Crippen LogP contribution in [0.2, 0.25) is 0 Å². The van der Waals surface area contributed by atoms with Crippen molar-refractivity contribution in [2.24, 2.45) is 0 Å². The first-order valence-corrected chi connectivity index (χ1v) is 57.3. The minimum absolute atomic E-state index is 0. The molecule has 10 aromatic rings. The first kappa shape index (κ1) is 120. The molecule has 0 N–H and O–H groups in total. The van der Waals surface area contributed by atoms with Gasteiger partial charge in [-0.15, -0.1) is 0 Å². The number of rotatable bonds is 48. The van der Waals surface area contributed by atoms with Crippen molar-refractivity contribution >= 4 is 153 Å². The number of hydrogen-bond donors (Lipinski definition) is 0. The van der Waals surface area contributed by atoms with Crippen LogP contribution in [0.3, 0.4) is 0 Å². The molecule has 7 aliphatic rings. The minimum atomic E-state index is -0.337. The number of hydrogen-bond acceptors (Lipinski definition) is 10. The summed E-state index contributed by atoms with van der Waals surface area (Å²) in [5.74, 6) is 0. The summed E-state index contributed by atoms with van der Waals surface area (Å²) in [6.45, 7) is 18.2. The quantitative estimate of drug-likeness (QED) is 0.0271.